The topological polar surface area (TPSA) is 41.9 Å². The van der Waals surface area contributed by atoms with Crippen molar-refractivity contribution in [3.63, 3.8) is 0 Å². The van der Waals surface area contributed by atoms with E-state index in [-0.39, 0.29) is 5.78 Å². The highest BCUT2D eigenvalue weighted by Gasteiger charge is 2.06. The number of Topliss-reactive ketones (excluding diaryl/α,β-unsaturated/α-hetero) is 1. The molecule has 0 radical (unpaired) electrons. The molecule has 4 heteroatoms. The molecule has 2 aromatic rings. The van der Waals surface area contributed by atoms with Crippen molar-refractivity contribution in [3.05, 3.63) is 59.7 Å². The molecule has 0 atom stereocenters. The predicted molar refractivity (Wildman–Crippen MR) is 103 cm³/mol. The van der Waals surface area contributed by atoms with Crippen molar-refractivity contribution < 1.29 is 9.53 Å². The second-order valence-electron chi connectivity index (χ2n) is 6.24. The van der Waals surface area contributed by atoms with Crippen LogP contribution in [-0.2, 0) is 0 Å². The van der Waals surface area contributed by atoms with Gasteiger partial charge in [0.1, 0.15) is 5.75 Å². The number of rotatable bonds is 9. The molecule has 0 aliphatic heterocycles. The molecule has 4 nitrogen and oxygen atoms in total. The lowest BCUT2D eigenvalue weighted by Gasteiger charge is -2.08. The zero-order valence-corrected chi connectivity index (χ0v) is 15.2. The molecule has 0 saturated carbocycles. The lowest BCUT2D eigenvalue weighted by Crippen LogP contribution is -2.21. The fourth-order valence-corrected chi connectivity index (χ4v) is 2.25. The monoisotopic (exact) mass is 338 g/mol. The van der Waals surface area contributed by atoms with E-state index >= 15 is 0 Å². The first-order valence-electron chi connectivity index (χ1n) is 8.63. The van der Waals surface area contributed by atoms with Crippen LogP contribution in [0.15, 0.2) is 53.5 Å². The molecule has 0 fully saturated rings. The zero-order chi connectivity index (χ0) is 18.1. The van der Waals surface area contributed by atoms with E-state index in [2.05, 4.69) is 11.9 Å². The van der Waals surface area contributed by atoms with Crippen molar-refractivity contribution in [2.75, 3.05) is 27.2 Å². The third kappa shape index (κ3) is 6.51. The van der Waals surface area contributed by atoms with Crippen LogP contribution in [0.5, 0.6) is 5.75 Å². The number of ether oxygens (including phenoxy) is 1. The Balaban J connectivity index is 1.93. The van der Waals surface area contributed by atoms with E-state index in [0.29, 0.717) is 12.1 Å². The number of carbonyl (C=O) groups excluding carboxylic acids is 1. The number of aliphatic imine (C=N–C) groups is 1. The van der Waals surface area contributed by atoms with Gasteiger partial charge in [0, 0.05) is 11.8 Å². The Labute approximate surface area is 150 Å². The van der Waals surface area contributed by atoms with Gasteiger partial charge in [0.15, 0.2) is 5.78 Å². The minimum atomic E-state index is 0.110. The molecule has 0 aliphatic rings. The first-order chi connectivity index (χ1) is 12.1. The van der Waals surface area contributed by atoms with E-state index in [1.54, 1.807) is 0 Å². The summed E-state index contributed by atoms with van der Waals surface area (Å²) in [5.74, 6) is 0.994. The summed E-state index contributed by atoms with van der Waals surface area (Å²) in [4.78, 5) is 18.3. The van der Waals surface area contributed by atoms with Crippen LogP contribution in [0.4, 0.5) is 5.69 Å². The summed E-state index contributed by atoms with van der Waals surface area (Å²) in [5.41, 5.74) is 2.54. The average Bonchev–Trinajstić information content (AvgIpc) is 2.61. The number of carbonyl (C=O) groups is 1. The summed E-state index contributed by atoms with van der Waals surface area (Å²) in [6, 6.07) is 15.3. The molecule has 0 bridgehead atoms. The van der Waals surface area contributed by atoms with Gasteiger partial charge in [-0.05, 0) is 74.6 Å². The lowest BCUT2D eigenvalue weighted by atomic mass is 10.1. The first-order valence-corrected chi connectivity index (χ1v) is 8.63. The summed E-state index contributed by atoms with van der Waals surface area (Å²) in [6.45, 7) is 3.31. The molecule has 0 aromatic heterocycles. The van der Waals surface area contributed by atoms with E-state index in [9.17, 15) is 4.79 Å². The molecule has 0 N–H and O–H groups in total. The number of hydrogen-bond acceptors (Lipinski definition) is 4. The van der Waals surface area contributed by atoms with Gasteiger partial charge < -0.3 is 9.64 Å². The molecular formula is C21H26N2O2. The molecule has 2 rings (SSSR count). The third-order valence-corrected chi connectivity index (χ3v) is 3.66. The van der Waals surface area contributed by atoms with E-state index in [1.165, 1.54) is 0 Å². The SMILES string of the molecule is CCCCOc1ccc(C=Nc2ccc(C(=O)CN(C)C)cc2)cc1. The Morgan fingerprint density at radius 3 is 2.36 bits per heavy atom. The standard InChI is InChI=1S/C21H26N2O2/c1-4-5-14-25-20-12-6-17(7-13-20)15-22-19-10-8-18(9-11-19)21(24)16-23(2)3/h6-13,15H,4-5,14,16H2,1-3H3. The largest absolute Gasteiger partial charge is 0.494 e. The van der Waals surface area contributed by atoms with Gasteiger partial charge in [0.25, 0.3) is 0 Å². The molecule has 0 spiro atoms. The van der Waals surface area contributed by atoms with Gasteiger partial charge >= 0.3 is 0 Å². The summed E-state index contributed by atoms with van der Waals surface area (Å²) in [7, 11) is 3.77. The van der Waals surface area contributed by atoms with Gasteiger partial charge in [-0.25, -0.2) is 0 Å². The average molecular weight is 338 g/mol. The van der Waals surface area contributed by atoms with Gasteiger partial charge in [-0.1, -0.05) is 13.3 Å². The van der Waals surface area contributed by atoms with Gasteiger partial charge in [0.05, 0.1) is 18.8 Å². The van der Waals surface area contributed by atoms with Crippen LogP contribution in [0.3, 0.4) is 0 Å². The molecule has 25 heavy (non-hydrogen) atoms. The highest BCUT2D eigenvalue weighted by atomic mass is 16.5. The van der Waals surface area contributed by atoms with E-state index in [1.807, 2.05) is 73.7 Å². The zero-order valence-electron chi connectivity index (χ0n) is 15.2. The Hall–Kier alpha value is -2.46. The number of nitrogens with zero attached hydrogens (tertiary/aromatic N) is 2. The maximum Gasteiger partial charge on any atom is 0.176 e. The minimum Gasteiger partial charge on any atom is -0.494 e. The van der Waals surface area contributed by atoms with Crippen molar-refractivity contribution in [2.45, 2.75) is 19.8 Å². The fraction of sp³-hybridized carbons (Fsp3) is 0.333. The van der Waals surface area contributed by atoms with E-state index in [0.717, 1.165) is 36.4 Å². The van der Waals surface area contributed by atoms with Crippen molar-refractivity contribution in [3.8, 4) is 5.75 Å². The van der Waals surface area contributed by atoms with Gasteiger partial charge in [-0.2, -0.15) is 0 Å². The molecule has 132 valence electrons. The van der Waals surface area contributed by atoms with E-state index in [4.69, 9.17) is 4.74 Å². The fourth-order valence-electron chi connectivity index (χ4n) is 2.25. The van der Waals surface area contributed by atoms with Crippen LogP contribution in [0.1, 0.15) is 35.7 Å². The summed E-state index contributed by atoms with van der Waals surface area (Å²) in [6.07, 6.45) is 4.01. The van der Waals surface area contributed by atoms with Crippen molar-refractivity contribution >= 4 is 17.7 Å². The first kappa shape index (κ1) is 18.9. The Morgan fingerprint density at radius 1 is 1.08 bits per heavy atom. The van der Waals surface area contributed by atoms with Crippen molar-refractivity contribution in [1.82, 2.24) is 4.90 Å². The van der Waals surface area contributed by atoms with Crippen LogP contribution in [0.25, 0.3) is 0 Å². The van der Waals surface area contributed by atoms with Crippen LogP contribution < -0.4 is 4.74 Å². The third-order valence-electron chi connectivity index (χ3n) is 3.66. The van der Waals surface area contributed by atoms with Crippen LogP contribution in [-0.4, -0.2) is 44.1 Å². The number of likely N-dealkylation sites (N-methyl/N-ethyl adjacent to an activating group) is 1. The number of ketones is 1. The van der Waals surface area contributed by atoms with Crippen molar-refractivity contribution in [2.24, 2.45) is 4.99 Å². The highest BCUT2D eigenvalue weighted by molar-refractivity contribution is 5.97. The Morgan fingerprint density at radius 2 is 1.76 bits per heavy atom. The molecule has 0 unspecified atom stereocenters. The predicted octanol–water partition coefficient (Wildman–Crippen LogP) is 4.36. The minimum absolute atomic E-state index is 0.110. The van der Waals surface area contributed by atoms with Crippen molar-refractivity contribution in [1.29, 1.82) is 0 Å². The highest BCUT2D eigenvalue weighted by Crippen LogP contribution is 2.15. The summed E-state index contributed by atoms with van der Waals surface area (Å²) >= 11 is 0. The molecular weight excluding hydrogens is 312 g/mol. The molecule has 2 aromatic carbocycles. The normalized spacial score (nSPS) is 11.2. The maximum absolute atomic E-state index is 12.0. The number of hydrogen-bond donors (Lipinski definition) is 0. The summed E-state index contributed by atoms with van der Waals surface area (Å²) in [5, 5.41) is 0. The van der Waals surface area contributed by atoms with Gasteiger partial charge in [0.2, 0.25) is 0 Å². The number of unbranched alkanes of at least 4 members (excludes halogenated alkanes) is 1. The van der Waals surface area contributed by atoms with Gasteiger partial charge in [-0.15, -0.1) is 0 Å². The lowest BCUT2D eigenvalue weighted by molar-refractivity contribution is 0.0958. The second-order valence-corrected chi connectivity index (χ2v) is 6.24. The Bertz CT molecular complexity index is 689. The molecule has 0 heterocycles. The van der Waals surface area contributed by atoms with Crippen LogP contribution in [0, 0.1) is 0 Å². The van der Waals surface area contributed by atoms with Crippen LogP contribution in [0.2, 0.25) is 0 Å². The van der Waals surface area contributed by atoms with Gasteiger partial charge in [-0.3, -0.25) is 9.79 Å². The Kier molecular flexibility index (Phi) is 7.36. The van der Waals surface area contributed by atoms with Crippen LogP contribution >= 0.6 is 0 Å². The molecule has 0 saturated heterocycles. The molecule has 0 amide bonds. The quantitative estimate of drug-likeness (QED) is 0.387. The smallest absolute Gasteiger partial charge is 0.176 e. The maximum atomic E-state index is 12.0. The van der Waals surface area contributed by atoms with E-state index < -0.39 is 0 Å². The second kappa shape index (κ2) is 9.74. The summed E-state index contributed by atoms with van der Waals surface area (Å²) < 4.78 is 5.65. The molecule has 0 aliphatic carbocycles. The number of benzene rings is 2.